The van der Waals surface area contributed by atoms with Crippen molar-refractivity contribution in [1.82, 2.24) is 4.31 Å². The second-order valence-electron chi connectivity index (χ2n) is 5.61. The van der Waals surface area contributed by atoms with Gasteiger partial charge in [0.2, 0.25) is 10.0 Å². The average molecular weight is 315 g/mol. The molecule has 2 aliphatic heterocycles. The number of methoxy groups -OCH3 is 1. The molecule has 2 fully saturated rings. The van der Waals surface area contributed by atoms with Crippen LogP contribution in [0.15, 0.2) is 29.2 Å². The highest BCUT2D eigenvalue weighted by atomic mass is 32.2. The van der Waals surface area contributed by atoms with Crippen LogP contribution in [0.3, 0.4) is 0 Å². The summed E-state index contributed by atoms with van der Waals surface area (Å²) in [5.74, 6) is -0.556. The van der Waals surface area contributed by atoms with Crippen LogP contribution in [0.25, 0.3) is 0 Å². The molecule has 3 rings (SSSR count). The predicted octanol–water partition coefficient (Wildman–Crippen LogP) is 1.39. The molecule has 1 spiro atoms. The van der Waals surface area contributed by atoms with Gasteiger partial charge in [0.15, 0.2) is 0 Å². The molecule has 1 aromatic rings. The van der Waals surface area contributed by atoms with E-state index < -0.39 is 21.4 Å². The lowest BCUT2D eigenvalue weighted by atomic mass is 9.86. The Balaban J connectivity index is 1.73. The summed E-state index contributed by atoms with van der Waals surface area (Å²) >= 11 is 0. The van der Waals surface area contributed by atoms with Gasteiger partial charge in [0.1, 0.15) is 5.82 Å². The van der Waals surface area contributed by atoms with E-state index in [0.717, 1.165) is 12.5 Å². The smallest absolute Gasteiger partial charge is 0.243 e. The van der Waals surface area contributed by atoms with E-state index in [1.165, 1.54) is 22.5 Å². The standard InChI is InChI=1S/C14H18FNO4S/c1-19-12-5-6-20-14(8-12)9-16(10-14)21(17,18)13-4-2-3-11(15)7-13/h2-4,7,12H,5-6,8-10H2,1H3. The van der Waals surface area contributed by atoms with Crippen molar-refractivity contribution in [3.8, 4) is 0 Å². The van der Waals surface area contributed by atoms with Crippen LogP contribution in [0.4, 0.5) is 4.39 Å². The van der Waals surface area contributed by atoms with Gasteiger partial charge in [-0.25, -0.2) is 12.8 Å². The summed E-state index contributed by atoms with van der Waals surface area (Å²) < 4.78 is 50.5. The monoisotopic (exact) mass is 315 g/mol. The van der Waals surface area contributed by atoms with E-state index >= 15 is 0 Å². The zero-order valence-electron chi connectivity index (χ0n) is 11.8. The Bertz CT molecular complexity index is 628. The van der Waals surface area contributed by atoms with Gasteiger partial charge in [0.25, 0.3) is 0 Å². The minimum Gasteiger partial charge on any atom is -0.381 e. The Morgan fingerprint density at radius 1 is 1.43 bits per heavy atom. The summed E-state index contributed by atoms with van der Waals surface area (Å²) in [7, 11) is -2.00. The summed E-state index contributed by atoms with van der Waals surface area (Å²) in [5, 5.41) is 0. The molecule has 2 heterocycles. The van der Waals surface area contributed by atoms with Crippen LogP contribution in [-0.2, 0) is 19.5 Å². The zero-order chi connectivity index (χ0) is 15.1. The maximum Gasteiger partial charge on any atom is 0.243 e. The van der Waals surface area contributed by atoms with Crippen molar-refractivity contribution in [3.05, 3.63) is 30.1 Å². The first-order valence-electron chi connectivity index (χ1n) is 6.88. The molecule has 1 aromatic carbocycles. The number of halogens is 1. The molecule has 21 heavy (non-hydrogen) atoms. The van der Waals surface area contributed by atoms with Gasteiger partial charge < -0.3 is 9.47 Å². The van der Waals surface area contributed by atoms with Gasteiger partial charge in [-0.05, 0) is 24.6 Å². The molecule has 0 amide bonds. The Kier molecular flexibility index (Phi) is 3.77. The molecule has 0 bridgehead atoms. The van der Waals surface area contributed by atoms with E-state index in [1.54, 1.807) is 7.11 Å². The summed E-state index contributed by atoms with van der Waals surface area (Å²) in [4.78, 5) is -0.0172. The molecular formula is C14H18FNO4S. The Hall–Kier alpha value is -1.02. The van der Waals surface area contributed by atoms with Crippen molar-refractivity contribution >= 4 is 10.0 Å². The van der Waals surface area contributed by atoms with E-state index in [9.17, 15) is 12.8 Å². The minimum absolute atomic E-state index is 0.0172. The molecule has 1 atom stereocenters. The molecular weight excluding hydrogens is 297 g/mol. The van der Waals surface area contributed by atoms with Crippen LogP contribution < -0.4 is 0 Å². The van der Waals surface area contributed by atoms with Crippen molar-refractivity contribution in [3.63, 3.8) is 0 Å². The van der Waals surface area contributed by atoms with Crippen molar-refractivity contribution < 1.29 is 22.3 Å². The molecule has 0 aliphatic carbocycles. The van der Waals surface area contributed by atoms with Crippen LogP contribution in [-0.4, -0.2) is 51.2 Å². The number of benzene rings is 1. The van der Waals surface area contributed by atoms with E-state index in [2.05, 4.69) is 0 Å². The summed E-state index contributed by atoms with van der Waals surface area (Å²) in [5.41, 5.74) is -0.445. The predicted molar refractivity (Wildman–Crippen MR) is 73.9 cm³/mol. The lowest BCUT2D eigenvalue weighted by molar-refractivity contribution is -0.173. The number of sulfonamides is 1. The van der Waals surface area contributed by atoms with Gasteiger partial charge in [-0.15, -0.1) is 0 Å². The third-order valence-corrected chi connectivity index (χ3v) is 5.93. The normalized spacial score (nSPS) is 25.7. The first kappa shape index (κ1) is 14.9. The maximum absolute atomic E-state index is 13.2. The van der Waals surface area contributed by atoms with Gasteiger partial charge in [-0.3, -0.25) is 0 Å². The van der Waals surface area contributed by atoms with Gasteiger partial charge in [-0.2, -0.15) is 4.31 Å². The van der Waals surface area contributed by atoms with Crippen molar-refractivity contribution in [2.75, 3.05) is 26.8 Å². The Morgan fingerprint density at radius 2 is 2.19 bits per heavy atom. The number of nitrogens with zero attached hydrogens (tertiary/aromatic N) is 1. The molecule has 2 saturated heterocycles. The Morgan fingerprint density at radius 3 is 2.86 bits per heavy atom. The lowest BCUT2D eigenvalue weighted by Gasteiger charge is -2.51. The van der Waals surface area contributed by atoms with E-state index in [1.807, 2.05) is 0 Å². The largest absolute Gasteiger partial charge is 0.381 e. The van der Waals surface area contributed by atoms with Crippen molar-refractivity contribution in [2.24, 2.45) is 0 Å². The summed E-state index contributed by atoms with van der Waals surface area (Å²) in [6.45, 7) is 1.17. The average Bonchev–Trinajstić information content (AvgIpc) is 2.44. The first-order valence-corrected chi connectivity index (χ1v) is 8.32. The van der Waals surface area contributed by atoms with E-state index in [0.29, 0.717) is 26.1 Å². The van der Waals surface area contributed by atoms with Crippen LogP contribution in [0, 0.1) is 5.82 Å². The van der Waals surface area contributed by atoms with Crippen molar-refractivity contribution in [2.45, 2.75) is 29.4 Å². The molecule has 0 radical (unpaired) electrons. The Labute approximate surface area is 123 Å². The van der Waals surface area contributed by atoms with E-state index in [4.69, 9.17) is 9.47 Å². The molecule has 5 nitrogen and oxygen atoms in total. The number of ether oxygens (including phenoxy) is 2. The van der Waals surface area contributed by atoms with Gasteiger partial charge in [0.05, 0.1) is 16.6 Å². The SMILES string of the molecule is COC1CCOC2(C1)CN(S(=O)(=O)c1cccc(F)c1)C2. The van der Waals surface area contributed by atoms with Crippen molar-refractivity contribution in [1.29, 1.82) is 0 Å². The van der Waals surface area contributed by atoms with Gasteiger partial charge in [0, 0.05) is 33.2 Å². The number of rotatable bonds is 3. The molecule has 1 unspecified atom stereocenters. The third kappa shape index (κ3) is 2.70. The quantitative estimate of drug-likeness (QED) is 0.846. The third-order valence-electron chi connectivity index (χ3n) is 4.14. The van der Waals surface area contributed by atoms with Gasteiger partial charge in [-0.1, -0.05) is 6.07 Å². The molecule has 0 aromatic heterocycles. The van der Waals surface area contributed by atoms with Crippen LogP contribution >= 0.6 is 0 Å². The highest BCUT2D eigenvalue weighted by Crippen LogP contribution is 2.38. The van der Waals surface area contributed by atoms with E-state index in [-0.39, 0.29) is 11.0 Å². The second kappa shape index (κ2) is 5.31. The molecule has 0 saturated carbocycles. The molecule has 7 heteroatoms. The summed E-state index contributed by atoms with van der Waals surface area (Å²) in [6.07, 6.45) is 1.63. The number of hydrogen-bond acceptors (Lipinski definition) is 4. The fraction of sp³-hybridized carbons (Fsp3) is 0.571. The highest BCUT2D eigenvalue weighted by molar-refractivity contribution is 7.89. The lowest BCUT2D eigenvalue weighted by Crippen LogP contribution is -2.67. The zero-order valence-corrected chi connectivity index (χ0v) is 12.6. The van der Waals surface area contributed by atoms with Crippen LogP contribution in [0.5, 0.6) is 0 Å². The molecule has 116 valence electrons. The highest BCUT2D eigenvalue weighted by Gasteiger charge is 2.52. The summed E-state index contributed by atoms with van der Waals surface area (Å²) in [6, 6.07) is 5.07. The van der Waals surface area contributed by atoms with Crippen LogP contribution in [0.2, 0.25) is 0 Å². The fourth-order valence-corrected chi connectivity index (χ4v) is 4.57. The second-order valence-corrected chi connectivity index (χ2v) is 7.55. The number of hydrogen-bond donors (Lipinski definition) is 0. The van der Waals surface area contributed by atoms with Gasteiger partial charge >= 0.3 is 0 Å². The minimum atomic E-state index is -3.65. The molecule has 0 N–H and O–H groups in total. The first-order chi connectivity index (χ1) is 9.95. The maximum atomic E-state index is 13.2. The molecule has 2 aliphatic rings. The van der Waals surface area contributed by atoms with Crippen LogP contribution in [0.1, 0.15) is 12.8 Å². The topological polar surface area (TPSA) is 55.8 Å². The fourth-order valence-electron chi connectivity index (χ4n) is 2.95.